The number of rotatable bonds is 3. The van der Waals surface area contributed by atoms with Gasteiger partial charge in [-0.25, -0.2) is 0 Å². The summed E-state index contributed by atoms with van der Waals surface area (Å²) in [6, 6.07) is 7.56. The molecule has 1 heterocycles. The van der Waals surface area contributed by atoms with E-state index in [4.69, 9.17) is 11.6 Å². The van der Waals surface area contributed by atoms with Crippen molar-refractivity contribution in [3.8, 4) is 0 Å². The van der Waals surface area contributed by atoms with Gasteiger partial charge in [-0.15, -0.1) is 0 Å². The van der Waals surface area contributed by atoms with Gasteiger partial charge in [-0.2, -0.15) is 0 Å². The van der Waals surface area contributed by atoms with Crippen LogP contribution in [-0.4, -0.2) is 10.5 Å². The van der Waals surface area contributed by atoms with E-state index in [2.05, 4.69) is 21.2 Å². The lowest BCUT2D eigenvalue weighted by Gasteiger charge is -2.13. The van der Waals surface area contributed by atoms with Crippen LogP contribution >= 0.6 is 27.5 Å². The average molecular weight is 356 g/mol. The van der Waals surface area contributed by atoms with Crippen molar-refractivity contribution in [2.24, 2.45) is 0 Å². The second-order valence-corrected chi connectivity index (χ2v) is 6.25. The van der Waals surface area contributed by atoms with Crippen molar-refractivity contribution in [2.45, 2.75) is 26.8 Å². The highest BCUT2D eigenvalue weighted by molar-refractivity contribution is 9.10. The third-order valence-electron chi connectivity index (χ3n) is 3.02. The topological polar surface area (TPSA) is 34.0 Å². The molecule has 20 heavy (non-hydrogen) atoms. The summed E-state index contributed by atoms with van der Waals surface area (Å²) in [5.74, 6) is -0.160. The van der Waals surface area contributed by atoms with Gasteiger partial charge in [-0.05, 0) is 50.6 Å². The van der Waals surface area contributed by atoms with Crippen LogP contribution < -0.4 is 5.32 Å². The van der Waals surface area contributed by atoms with Gasteiger partial charge in [0.2, 0.25) is 0 Å². The molecule has 5 heteroatoms. The van der Waals surface area contributed by atoms with Gasteiger partial charge in [0.1, 0.15) is 5.69 Å². The Hall–Kier alpha value is -1.26. The molecule has 0 radical (unpaired) electrons. The summed E-state index contributed by atoms with van der Waals surface area (Å²) in [6.07, 6.45) is 1.77. The molecule has 1 aromatic heterocycles. The molecule has 0 aliphatic rings. The zero-order chi connectivity index (χ0) is 14.9. The third kappa shape index (κ3) is 3.25. The van der Waals surface area contributed by atoms with Crippen molar-refractivity contribution >= 4 is 39.1 Å². The Morgan fingerprint density at radius 2 is 2.05 bits per heavy atom. The molecule has 106 valence electrons. The molecule has 1 N–H and O–H groups in total. The summed E-state index contributed by atoms with van der Waals surface area (Å²) in [5.41, 5.74) is 2.40. The van der Waals surface area contributed by atoms with Crippen LogP contribution in [0.5, 0.6) is 0 Å². The number of anilines is 1. The van der Waals surface area contributed by atoms with E-state index in [1.165, 1.54) is 0 Å². The summed E-state index contributed by atoms with van der Waals surface area (Å²) < 4.78 is 2.88. The Bertz CT molecular complexity index is 649. The first-order chi connectivity index (χ1) is 9.38. The van der Waals surface area contributed by atoms with Crippen molar-refractivity contribution < 1.29 is 4.79 Å². The SMILES string of the molecule is Cc1cc(NC(=O)c2cc(Cl)cn2C(C)C)ccc1Br. The van der Waals surface area contributed by atoms with E-state index in [9.17, 15) is 4.79 Å². The number of amides is 1. The van der Waals surface area contributed by atoms with Crippen LogP contribution in [0.1, 0.15) is 35.9 Å². The Balaban J connectivity index is 2.26. The molecule has 2 aromatic rings. The Morgan fingerprint density at radius 3 is 2.65 bits per heavy atom. The number of aryl methyl sites for hydroxylation is 1. The molecule has 0 atom stereocenters. The van der Waals surface area contributed by atoms with Crippen LogP contribution in [0.25, 0.3) is 0 Å². The Kier molecular flexibility index (Phi) is 4.55. The second-order valence-electron chi connectivity index (χ2n) is 4.96. The minimum Gasteiger partial charge on any atom is -0.339 e. The van der Waals surface area contributed by atoms with Crippen molar-refractivity contribution in [3.63, 3.8) is 0 Å². The van der Waals surface area contributed by atoms with Crippen LogP contribution in [0.15, 0.2) is 34.9 Å². The minimum absolute atomic E-state index is 0.160. The predicted molar refractivity (Wildman–Crippen MR) is 86.7 cm³/mol. The molecule has 0 bridgehead atoms. The summed E-state index contributed by atoms with van der Waals surface area (Å²) in [7, 11) is 0. The smallest absolute Gasteiger partial charge is 0.272 e. The van der Waals surface area contributed by atoms with Crippen LogP contribution in [0.2, 0.25) is 5.02 Å². The molecule has 0 saturated heterocycles. The molecule has 1 amide bonds. The van der Waals surface area contributed by atoms with Gasteiger partial charge in [-0.3, -0.25) is 4.79 Å². The van der Waals surface area contributed by atoms with Crippen LogP contribution in [0.3, 0.4) is 0 Å². The van der Waals surface area contributed by atoms with E-state index >= 15 is 0 Å². The first-order valence-electron chi connectivity index (χ1n) is 6.33. The molecular weight excluding hydrogens is 340 g/mol. The van der Waals surface area contributed by atoms with Gasteiger partial charge in [0.25, 0.3) is 5.91 Å². The van der Waals surface area contributed by atoms with Gasteiger partial charge >= 0.3 is 0 Å². The van der Waals surface area contributed by atoms with Crippen molar-refractivity contribution in [3.05, 3.63) is 51.2 Å². The quantitative estimate of drug-likeness (QED) is 0.821. The number of halogens is 2. The lowest BCUT2D eigenvalue weighted by molar-refractivity contribution is 0.101. The summed E-state index contributed by atoms with van der Waals surface area (Å²) >= 11 is 9.44. The molecule has 0 aliphatic carbocycles. The number of carbonyl (C=O) groups excluding carboxylic acids is 1. The Labute approximate surface area is 132 Å². The highest BCUT2D eigenvalue weighted by Gasteiger charge is 2.15. The molecule has 0 fully saturated rings. The van der Waals surface area contributed by atoms with Gasteiger partial charge in [0.05, 0.1) is 5.02 Å². The van der Waals surface area contributed by atoms with E-state index in [0.29, 0.717) is 10.7 Å². The number of benzene rings is 1. The monoisotopic (exact) mass is 354 g/mol. The number of nitrogens with one attached hydrogen (secondary N) is 1. The molecular formula is C15H16BrClN2O. The fourth-order valence-electron chi connectivity index (χ4n) is 1.97. The second kappa shape index (κ2) is 6.02. The lowest BCUT2D eigenvalue weighted by atomic mass is 10.2. The van der Waals surface area contributed by atoms with Gasteiger partial charge < -0.3 is 9.88 Å². The summed E-state index contributed by atoms with van der Waals surface area (Å²) in [6.45, 7) is 6.00. The first-order valence-corrected chi connectivity index (χ1v) is 7.50. The summed E-state index contributed by atoms with van der Waals surface area (Å²) in [5, 5.41) is 3.46. The predicted octanol–water partition coefficient (Wildman–Crippen LogP) is 5.05. The third-order valence-corrected chi connectivity index (χ3v) is 4.12. The molecule has 0 spiro atoms. The van der Waals surface area contributed by atoms with Crippen molar-refractivity contribution in [1.82, 2.24) is 4.57 Å². The zero-order valence-electron chi connectivity index (χ0n) is 11.6. The fraction of sp³-hybridized carbons (Fsp3) is 0.267. The standard InChI is InChI=1S/C15H16BrClN2O/c1-9(2)19-8-11(17)7-14(19)15(20)18-12-4-5-13(16)10(3)6-12/h4-9H,1-3H3,(H,18,20). The molecule has 0 unspecified atom stereocenters. The first kappa shape index (κ1) is 15.1. The molecule has 3 nitrogen and oxygen atoms in total. The van der Waals surface area contributed by atoms with E-state index in [0.717, 1.165) is 15.7 Å². The highest BCUT2D eigenvalue weighted by atomic mass is 79.9. The van der Waals surface area contributed by atoms with Crippen molar-refractivity contribution in [2.75, 3.05) is 5.32 Å². The number of hydrogen-bond acceptors (Lipinski definition) is 1. The fourth-order valence-corrected chi connectivity index (χ4v) is 2.43. The van der Waals surface area contributed by atoms with Crippen molar-refractivity contribution in [1.29, 1.82) is 0 Å². The van der Waals surface area contributed by atoms with Gasteiger partial charge in [0, 0.05) is 22.4 Å². The Morgan fingerprint density at radius 1 is 1.35 bits per heavy atom. The van der Waals surface area contributed by atoms with Gasteiger partial charge in [-0.1, -0.05) is 27.5 Å². The van der Waals surface area contributed by atoms with E-state index in [-0.39, 0.29) is 11.9 Å². The normalized spacial score (nSPS) is 10.9. The minimum atomic E-state index is -0.160. The number of aromatic nitrogens is 1. The summed E-state index contributed by atoms with van der Waals surface area (Å²) in [4.78, 5) is 12.3. The number of hydrogen-bond donors (Lipinski definition) is 1. The molecule has 0 aliphatic heterocycles. The number of nitrogens with zero attached hydrogens (tertiary/aromatic N) is 1. The average Bonchev–Trinajstić information content (AvgIpc) is 2.76. The van der Waals surface area contributed by atoms with Gasteiger partial charge in [0.15, 0.2) is 0 Å². The van der Waals surface area contributed by atoms with E-state index in [1.807, 2.05) is 43.5 Å². The zero-order valence-corrected chi connectivity index (χ0v) is 13.9. The van der Waals surface area contributed by atoms with Crippen LogP contribution in [0.4, 0.5) is 5.69 Å². The van der Waals surface area contributed by atoms with Crippen LogP contribution in [-0.2, 0) is 0 Å². The lowest BCUT2D eigenvalue weighted by Crippen LogP contribution is -2.17. The van der Waals surface area contributed by atoms with E-state index in [1.54, 1.807) is 12.3 Å². The molecule has 2 rings (SSSR count). The van der Waals surface area contributed by atoms with E-state index < -0.39 is 0 Å². The number of carbonyl (C=O) groups is 1. The largest absolute Gasteiger partial charge is 0.339 e. The highest BCUT2D eigenvalue weighted by Crippen LogP contribution is 2.22. The maximum atomic E-state index is 12.3. The maximum Gasteiger partial charge on any atom is 0.272 e. The maximum absolute atomic E-state index is 12.3. The molecule has 1 aromatic carbocycles. The molecule has 0 saturated carbocycles. The van der Waals surface area contributed by atoms with Crippen LogP contribution in [0, 0.1) is 6.92 Å².